The highest BCUT2D eigenvalue weighted by Gasteiger charge is 2.33. The number of rotatable bonds is 3. The fourth-order valence-electron chi connectivity index (χ4n) is 2.19. The van der Waals surface area contributed by atoms with Gasteiger partial charge in [-0.1, -0.05) is 11.3 Å². The highest BCUT2D eigenvalue weighted by molar-refractivity contribution is 7.11. The van der Waals surface area contributed by atoms with Crippen LogP contribution < -0.4 is 4.74 Å². The molecule has 1 fully saturated rings. The van der Waals surface area contributed by atoms with Gasteiger partial charge in [0, 0.05) is 17.1 Å². The van der Waals surface area contributed by atoms with Gasteiger partial charge in [0.2, 0.25) is 0 Å². The molecule has 6 nitrogen and oxygen atoms in total. The van der Waals surface area contributed by atoms with E-state index in [0.29, 0.717) is 23.8 Å². The third-order valence-corrected chi connectivity index (χ3v) is 4.53. The predicted molar refractivity (Wildman–Crippen MR) is 79.8 cm³/mol. The van der Waals surface area contributed by atoms with Crippen LogP contribution in [-0.2, 0) is 0 Å². The molecule has 0 N–H and O–H groups in total. The van der Waals surface area contributed by atoms with Crippen molar-refractivity contribution in [1.29, 1.82) is 0 Å². The topological polar surface area (TPSA) is 68.2 Å². The summed E-state index contributed by atoms with van der Waals surface area (Å²) >= 11 is 2.61. The summed E-state index contributed by atoms with van der Waals surface area (Å²) in [4.78, 5) is 18.2. The quantitative estimate of drug-likeness (QED) is 0.739. The smallest absolute Gasteiger partial charge is 0.273 e. The van der Waals surface area contributed by atoms with E-state index in [1.54, 1.807) is 23.2 Å². The molecule has 21 heavy (non-hydrogen) atoms. The molecular weight excluding hydrogens is 308 g/mol. The summed E-state index contributed by atoms with van der Waals surface area (Å²) in [5.74, 6) is 0.00360. The van der Waals surface area contributed by atoms with E-state index in [1.807, 2.05) is 11.4 Å². The average Bonchev–Trinajstić information content (AvgIpc) is 3.11. The lowest BCUT2D eigenvalue weighted by molar-refractivity contribution is 0.0177. The zero-order valence-electron chi connectivity index (χ0n) is 10.8. The minimum Gasteiger partial charge on any atom is -0.463 e. The molecule has 0 saturated carbocycles. The van der Waals surface area contributed by atoms with Crippen molar-refractivity contribution in [3.63, 3.8) is 0 Å². The lowest BCUT2D eigenvalue weighted by Gasteiger charge is -2.38. The van der Waals surface area contributed by atoms with Gasteiger partial charge in [0.15, 0.2) is 0 Å². The molecule has 1 saturated heterocycles. The number of benzene rings is 1. The number of amides is 1. The molecule has 2 aromatic heterocycles. The normalized spacial score (nSPS) is 15.1. The molecule has 0 spiro atoms. The molecule has 0 bridgehead atoms. The first kappa shape index (κ1) is 12.7. The predicted octanol–water partition coefficient (Wildman–Crippen LogP) is 2.05. The highest BCUT2D eigenvalue weighted by atomic mass is 32.1. The van der Waals surface area contributed by atoms with Crippen LogP contribution in [0.25, 0.3) is 11.0 Å². The Labute approximate surface area is 128 Å². The Morgan fingerprint density at radius 2 is 2.14 bits per heavy atom. The zero-order valence-corrected chi connectivity index (χ0v) is 12.4. The lowest BCUT2D eigenvalue weighted by atomic mass is 10.1. The lowest BCUT2D eigenvalue weighted by Crippen LogP contribution is -2.56. The summed E-state index contributed by atoms with van der Waals surface area (Å²) in [5.41, 5.74) is 2.23. The number of fused-ring (bicyclic) bond motifs is 1. The van der Waals surface area contributed by atoms with Crippen molar-refractivity contribution in [3.05, 3.63) is 35.3 Å². The monoisotopic (exact) mass is 318 g/mol. The minimum absolute atomic E-state index is 0.00360. The van der Waals surface area contributed by atoms with Crippen molar-refractivity contribution in [2.45, 2.75) is 6.10 Å². The summed E-state index contributed by atoms with van der Waals surface area (Å²) < 4.78 is 13.9. The van der Waals surface area contributed by atoms with E-state index in [0.717, 1.165) is 22.8 Å². The second-order valence-electron chi connectivity index (χ2n) is 4.72. The van der Waals surface area contributed by atoms with Crippen LogP contribution in [0.4, 0.5) is 0 Å². The number of likely N-dealkylation sites (tertiary alicyclic amines) is 1. The number of hydrogen-bond donors (Lipinski definition) is 0. The SMILES string of the molecule is O=C(c1ccc2nsnc2c1)N1CC(Oc2nccs2)C1. The third-order valence-electron chi connectivity index (χ3n) is 3.31. The van der Waals surface area contributed by atoms with Gasteiger partial charge in [-0.05, 0) is 18.2 Å². The van der Waals surface area contributed by atoms with Gasteiger partial charge in [-0.2, -0.15) is 8.75 Å². The molecule has 1 aromatic carbocycles. The van der Waals surface area contributed by atoms with E-state index in [-0.39, 0.29) is 12.0 Å². The molecule has 0 radical (unpaired) electrons. The van der Waals surface area contributed by atoms with E-state index in [4.69, 9.17) is 4.74 Å². The summed E-state index contributed by atoms with van der Waals surface area (Å²) in [5, 5.41) is 2.52. The number of carbonyl (C=O) groups is 1. The van der Waals surface area contributed by atoms with Crippen LogP contribution in [0.15, 0.2) is 29.8 Å². The standard InChI is InChI=1S/C13H10N4O2S2/c18-12(8-1-2-10-11(5-8)16-21-15-10)17-6-9(7-17)19-13-14-3-4-20-13/h1-5,9H,6-7H2. The first-order chi connectivity index (χ1) is 10.3. The number of aromatic nitrogens is 3. The van der Waals surface area contributed by atoms with Gasteiger partial charge >= 0.3 is 0 Å². The van der Waals surface area contributed by atoms with Crippen molar-refractivity contribution in [2.24, 2.45) is 0 Å². The van der Waals surface area contributed by atoms with Crippen LogP contribution in [0, 0.1) is 0 Å². The summed E-state index contributed by atoms with van der Waals surface area (Å²) in [6.07, 6.45) is 1.74. The van der Waals surface area contributed by atoms with Gasteiger partial charge in [-0.15, -0.1) is 0 Å². The molecule has 4 rings (SSSR count). The molecule has 1 amide bonds. The van der Waals surface area contributed by atoms with Crippen LogP contribution in [0.1, 0.15) is 10.4 Å². The zero-order chi connectivity index (χ0) is 14.2. The van der Waals surface area contributed by atoms with Gasteiger partial charge in [-0.25, -0.2) is 4.98 Å². The molecule has 0 aliphatic carbocycles. The molecule has 106 valence electrons. The molecule has 3 heterocycles. The number of carbonyl (C=O) groups excluding carboxylic acids is 1. The van der Waals surface area contributed by atoms with Gasteiger partial charge in [-0.3, -0.25) is 4.79 Å². The fraction of sp³-hybridized carbons (Fsp3) is 0.231. The third kappa shape index (κ3) is 2.36. The van der Waals surface area contributed by atoms with Gasteiger partial charge in [0.05, 0.1) is 24.8 Å². The fourth-order valence-corrected chi connectivity index (χ4v) is 3.26. The largest absolute Gasteiger partial charge is 0.463 e. The maximum Gasteiger partial charge on any atom is 0.273 e. The second-order valence-corrected chi connectivity index (χ2v) is 6.10. The maximum atomic E-state index is 12.4. The van der Waals surface area contributed by atoms with Crippen molar-refractivity contribution < 1.29 is 9.53 Å². The van der Waals surface area contributed by atoms with Gasteiger partial charge in [0.1, 0.15) is 17.1 Å². The summed E-state index contributed by atoms with van der Waals surface area (Å²) in [6, 6.07) is 5.41. The van der Waals surface area contributed by atoms with Crippen molar-refractivity contribution in [3.8, 4) is 5.19 Å². The molecule has 0 unspecified atom stereocenters. The Kier molecular flexibility index (Phi) is 3.04. The van der Waals surface area contributed by atoms with Crippen molar-refractivity contribution in [1.82, 2.24) is 18.6 Å². The Bertz CT molecular complexity index is 780. The molecule has 0 atom stereocenters. The number of nitrogens with zero attached hydrogens (tertiary/aromatic N) is 4. The summed E-state index contributed by atoms with van der Waals surface area (Å²) in [7, 11) is 0. The number of hydrogen-bond acceptors (Lipinski definition) is 7. The Hall–Kier alpha value is -2.06. The number of thiazole rings is 1. The molecule has 8 heteroatoms. The average molecular weight is 318 g/mol. The van der Waals surface area contributed by atoms with Crippen LogP contribution in [-0.4, -0.2) is 43.7 Å². The van der Waals surface area contributed by atoms with Crippen LogP contribution in [0.5, 0.6) is 5.19 Å². The Morgan fingerprint density at radius 1 is 1.29 bits per heavy atom. The van der Waals surface area contributed by atoms with Crippen molar-refractivity contribution in [2.75, 3.05) is 13.1 Å². The Morgan fingerprint density at radius 3 is 2.95 bits per heavy atom. The molecule has 1 aliphatic heterocycles. The minimum atomic E-state index is 0.00360. The van der Waals surface area contributed by atoms with E-state index >= 15 is 0 Å². The van der Waals surface area contributed by atoms with Crippen molar-refractivity contribution >= 4 is 40.0 Å². The van der Waals surface area contributed by atoms with Crippen LogP contribution in [0.3, 0.4) is 0 Å². The molecular formula is C13H10N4O2S2. The van der Waals surface area contributed by atoms with Gasteiger partial charge < -0.3 is 9.64 Å². The maximum absolute atomic E-state index is 12.4. The van der Waals surface area contributed by atoms with Gasteiger partial charge in [0.25, 0.3) is 11.1 Å². The van der Waals surface area contributed by atoms with E-state index in [2.05, 4.69) is 13.7 Å². The highest BCUT2D eigenvalue weighted by Crippen LogP contribution is 2.22. The number of ether oxygens (including phenoxy) is 1. The first-order valence-electron chi connectivity index (χ1n) is 6.37. The second kappa shape index (κ2) is 5.05. The van der Waals surface area contributed by atoms with E-state index in [9.17, 15) is 4.79 Å². The molecule has 3 aromatic rings. The van der Waals surface area contributed by atoms with Crippen LogP contribution in [0.2, 0.25) is 0 Å². The first-order valence-corrected chi connectivity index (χ1v) is 7.98. The van der Waals surface area contributed by atoms with Crippen LogP contribution >= 0.6 is 23.1 Å². The van der Waals surface area contributed by atoms with E-state index < -0.39 is 0 Å². The van der Waals surface area contributed by atoms with E-state index in [1.165, 1.54) is 11.3 Å². The Balaban J connectivity index is 1.42. The molecule has 1 aliphatic rings. The summed E-state index contributed by atoms with van der Waals surface area (Å²) in [6.45, 7) is 1.18.